The maximum absolute atomic E-state index is 11.5. The molecule has 3 nitrogen and oxygen atoms in total. The van der Waals surface area contributed by atoms with E-state index < -0.39 is 0 Å². The number of piperidine rings is 1. The maximum Gasteiger partial charge on any atom is 0.169 e. The number of thiophene rings is 1. The molecule has 1 atom stereocenters. The van der Waals surface area contributed by atoms with E-state index in [1.165, 1.54) is 49.0 Å². The monoisotopic (exact) mass is 354 g/mol. The zero-order valence-corrected chi connectivity index (χ0v) is 15.7. The number of carbonyl (C=O) groups excluding carboxylic acids is 1. The largest absolute Gasteiger partial charge is 0.297 e. The van der Waals surface area contributed by atoms with Crippen molar-refractivity contribution in [1.82, 2.24) is 9.80 Å². The van der Waals surface area contributed by atoms with Gasteiger partial charge in [-0.25, -0.2) is 0 Å². The van der Waals surface area contributed by atoms with E-state index >= 15 is 0 Å². The van der Waals surface area contributed by atoms with Crippen molar-refractivity contribution in [3.63, 3.8) is 0 Å². The van der Waals surface area contributed by atoms with Crippen molar-refractivity contribution < 1.29 is 4.79 Å². The van der Waals surface area contributed by atoms with E-state index in [9.17, 15) is 4.79 Å². The van der Waals surface area contributed by atoms with Gasteiger partial charge in [-0.1, -0.05) is 24.3 Å². The Morgan fingerprint density at radius 2 is 2.08 bits per heavy atom. The maximum atomic E-state index is 11.5. The average Bonchev–Trinajstić information content (AvgIpc) is 3.10. The fourth-order valence-electron chi connectivity index (χ4n) is 4.20. The first-order chi connectivity index (χ1) is 12.2. The molecule has 0 bridgehead atoms. The van der Waals surface area contributed by atoms with Crippen LogP contribution in [-0.2, 0) is 19.5 Å². The van der Waals surface area contributed by atoms with E-state index in [1.54, 1.807) is 18.3 Å². The first kappa shape index (κ1) is 17.0. The molecule has 1 fully saturated rings. The molecule has 1 saturated heterocycles. The lowest BCUT2D eigenvalue weighted by Gasteiger charge is -2.41. The summed E-state index contributed by atoms with van der Waals surface area (Å²) in [6.45, 7) is 7.23. The molecule has 4 rings (SSSR count). The lowest BCUT2D eigenvalue weighted by molar-refractivity contribution is 0.0839. The summed E-state index contributed by atoms with van der Waals surface area (Å²) in [6.07, 6.45) is 3.76. The fourth-order valence-corrected chi connectivity index (χ4v) is 5.01. The second kappa shape index (κ2) is 7.40. The second-order valence-electron chi connectivity index (χ2n) is 7.40. The van der Waals surface area contributed by atoms with Gasteiger partial charge in [-0.3, -0.25) is 14.6 Å². The molecule has 2 aliphatic rings. The van der Waals surface area contributed by atoms with Crippen LogP contribution in [0.5, 0.6) is 0 Å². The van der Waals surface area contributed by atoms with Crippen LogP contribution in [0, 0.1) is 0 Å². The van der Waals surface area contributed by atoms with Crippen LogP contribution in [0.1, 0.15) is 46.1 Å². The third-order valence-electron chi connectivity index (χ3n) is 5.56. The van der Waals surface area contributed by atoms with E-state index in [4.69, 9.17) is 0 Å². The predicted octanol–water partition coefficient (Wildman–Crippen LogP) is 3.97. The fraction of sp³-hybridized carbons (Fsp3) is 0.476. The van der Waals surface area contributed by atoms with Gasteiger partial charge in [0.15, 0.2) is 5.78 Å². The van der Waals surface area contributed by atoms with Crippen molar-refractivity contribution in [2.75, 3.05) is 19.6 Å². The Labute approximate surface area is 154 Å². The quantitative estimate of drug-likeness (QED) is 0.776. The van der Waals surface area contributed by atoms with Gasteiger partial charge in [-0.2, -0.15) is 0 Å². The number of Topliss-reactive ketones (excluding diaryl/α,β-unsaturated/α-hetero) is 1. The number of hydrogen-bond acceptors (Lipinski definition) is 4. The van der Waals surface area contributed by atoms with Crippen LogP contribution < -0.4 is 0 Å². The zero-order valence-electron chi connectivity index (χ0n) is 14.9. The van der Waals surface area contributed by atoms with Gasteiger partial charge < -0.3 is 0 Å². The smallest absolute Gasteiger partial charge is 0.169 e. The first-order valence-electron chi connectivity index (χ1n) is 9.30. The predicted molar refractivity (Wildman–Crippen MR) is 103 cm³/mol. The van der Waals surface area contributed by atoms with Gasteiger partial charge in [0.25, 0.3) is 0 Å². The summed E-state index contributed by atoms with van der Waals surface area (Å²) in [5, 5.41) is 2.15. The van der Waals surface area contributed by atoms with Crippen LogP contribution in [0.3, 0.4) is 0 Å². The van der Waals surface area contributed by atoms with Gasteiger partial charge in [-0.15, -0.1) is 11.3 Å². The first-order valence-corrected chi connectivity index (χ1v) is 10.2. The van der Waals surface area contributed by atoms with Crippen LogP contribution in [0.25, 0.3) is 0 Å². The molecule has 132 valence electrons. The number of benzene rings is 1. The summed E-state index contributed by atoms with van der Waals surface area (Å²) in [6, 6.07) is 11.6. The highest BCUT2D eigenvalue weighted by Crippen LogP contribution is 2.25. The molecule has 0 saturated carbocycles. The number of hydrogen-bond donors (Lipinski definition) is 0. The Balaban J connectivity index is 1.38. The number of likely N-dealkylation sites (tertiary alicyclic amines) is 1. The van der Waals surface area contributed by atoms with Gasteiger partial charge in [0.05, 0.1) is 4.88 Å². The Hall–Kier alpha value is -1.49. The molecule has 1 aromatic heterocycles. The number of carbonyl (C=O) groups is 1. The van der Waals surface area contributed by atoms with Crippen molar-refractivity contribution in [3.05, 3.63) is 57.3 Å². The van der Waals surface area contributed by atoms with Crippen LogP contribution >= 0.6 is 11.3 Å². The van der Waals surface area contributed by atoms with Crippen LogP contribution in [0.2, 0.25) is 0 Å². The third kappa shape index (κ3) is 3.86. The number of fused-ring (bicyclic) bond motifs is 1. The van der Waals surface area contributed by atoms with Gasteiger partial charge in [0.2, 0.25) is 0 Å². The lowest BCUT2D eigenvalue weighted by atomic mass is 9.96. The van der Waals surface area contributed by atoms with Crippen molar-refractivity contribution in [2.45, 2.75) is 45.3 Å². The normalized spacial score (nSPS) is 21.9. The molecule has 3 heterocycles. The number of rotatable bonds is 4. The van der Waals surface area contributed by atoms with E-state index in [0.29, 0.717) is 6.04 Å². The van der Waals surface area contributed by atoms with Crippen LogP contribution in [0.15, 0.2) is 35.7 Å². The zero-order chi connectivity index (χ0) is 17.2. The minimum Gasteiger partial charge on any atom is -0.297 e. The van der Waals surface area contributed by atoms with Gasteiger partial charge in [0, 0.05) is 32.2 Å². The minimum atomic E-state index is 0.180. The van der Waals surface area contributed by atoms with Gasteiger partial charge in [0.1, 0.15) is 0 Å². The molecule has 1 unspecified atom stereocenters. The van der Waals surface area contributed by atoms with Crippen LogP contribution in [-0.4, -0.2) is 41.3 Å². The topological polar surface area (TPSA) is 23.6 Å². The molecular formula is C21H26N2OS. The van der Waals surface area contributed by atoms with Crippen molar-refractivity contribution >= 4 is 17.1 Å². The standard InChI is InChI=1S/C21H26N2OS/c1-16(24)21-11-17(15-25-21)12-22-9-4-7-20(14-22)23-10-8-18-5-2-3-6-19(18)13-23/h2-3,5-6,11,15,20H,4,7-10,12-14H2,1H3. The highest BCUT2D eigenvalue weighted by atomic mass is 32.1. The highest BCUT2D eigenvalue weighted by molar-refractivity contribution is 7.12. The van der Waals surface area contributed by atoms with E-state index in [2.05, 4.69) is 45.5 Å². The average molecular weight is 355 g/mol. The summed E-state index contributed by atoms with van der Waals surface area (Å²) in [5.74, 6) is 0.180. The highest BCUT2D eigenvalue weighted by Gasteiger charge is 2.28. The third-order valence-corrected chi connectivity index (χ3v) is 6.64. The lowest BCUT2D eigenvalue weighted by Crippen LogP contribution is -2.49. The molecule has 2 aromatic rings. The summed E-state index contributed by atoms with van der Waals surface area (Å²) in [7, 11) is 0. The molecule has 4 heteroatoms. The molecular weight excluding hydrogens is 328 g/mol. The molecule has 1 aromatic carbocycles. The molecule has 0 spiro atoms. The van der Waals surface area contributed by atoms with E-state index in [0.717, 1.165) is 24.5 Å². The summed E-state index contributed by atoms with van der Waals surface area (Å²) < 4.78 is 0. The van der Waals surface area contributed by atoms with Crippen molar-refractivity contribution in [1.29, 1.82) is 0 Å². The molecule has 0 amide bonds. The van der Waals surface area contributed by atoms with Gasteiger partial charge in [-0.05, 0) is 60.9 Å². The number of ketones is 1. The Kier molecular flexibility index (Phi) is 5.02. The Morgan fingerprint density at radius 3 is 2.88 bits per heavy atom. The summed E-state index contributed by atoms with van der Waals surface area (Å²) >= 11 is 1.58. The summed E-state index contributed by atoms with van der Waals surface area (Å²) in [4.78, 5) is 17.6. The molecule has 0 radical (unpaired) electrons. The van der Waals surface area contributed by atoms with Crippen LogP contribution in [0.4, 0.5) is 0 Å². The van der Waals surface area contributed by atoms with Gasteiger partial charge >= 0.3 is 0 Å². The van der Waals surface area contributed by atoms with Crippen molar-refractivity contribution in [3.8, 4) is 0 Å². The summed E-state index contributed by atoms with van der Waals surface area (Å²) in [5.41, 5.74) is 4.33. The molecule has 0 N–H and O–H groups in total. The molecule has 25 heavy (non-hydrogen) atoms. The number of nitrogens with zero attached hydrogens (tertiary/aromatic N) is 2. The molecule has 0 aliphatic carbocycles. The van der Waals surface area contributed by atoms with E-state index in [-0.39, 0.29) is 5.78 Å². The SMILES string of the molecule is CC(=O)c1cc(CN2CCCC(N3CCc4ccccc4C3)C2)cs1. The Bertz CT molecular complexity index is 754. The molecule has 2 aliphatic heterocycles. The Morgan fingerprint density at radius 1 is 1.24 bits per heavy atom. The van der Waals surface area contributed by atoms with Crippen molar-refractivity contribution in [2.24, 2.45) is 0 Å². The second-order valence-corrected chi connectivity index (χ2v) is 8.31. The van der Waals surface area contributed by atoms with E-state index in [1.807, 2.05) is 0 Å². The minimum absolute atomic E-state index is 0.180.